The summed E-state index contributed by atoms with van der Waals surface area (Å²) in [6.07, 6.45) is 0. The van der Waals surface area contributed by atoms with E-state index in [1.54, 1.807) is 48.5 Å². The van der Waals surface area contributed by atoms with E-state index in [0.29, 0.717) is 22.5 Å². The van der Waals surface area contributed by atoms with Crippen LogP contribution >= 0.6 is 0 Å². The molecule has 0 bridgehead atoms. The fraction of sp³-hybridized carbons (Fsp3) is 0.167. The van der Waals surface area contributed by atoms with Gasteiger partial charge in [0.15, 0.2) is 0 Å². The van der Waals surface area contributed by atoms with Gasteiger partial charge in [-0.3, -0.25) is 4.79 Å². The second-order valence-corrected chi connectivity index (χ2v) is 5.45. The Hall–Kier alpha value is -3.33. The molecule has 0 aliphatic carbocycles. The summed E-state index contributed by atoms with van der Waals surface area (Å²) < 4.78 is 0. The van der Waals surface area contributed by atoms with Crippen molar-refractivity contribution >= 4 is 23.3 Å². The quantitative estimate of drug-likeness (QED) is 0.805. The van der Waals surface area contributed by atoms with Crippen molar-refractivity contribution in [3.05, 3.63) is 59.7 Å². The Morgan fingerprint density at radius 2 is 1.79 bits per heavy atom. The lowest BCUT2D eigenvalue weighted by atomic mass is 10.1. The molecule has 0 unspecified atom stereocenters. The molecule has 0 aliphatic rings. The Morgan fingerprint density at radius 1 is 1.04 bits per heavy atom. The molecule has 0 saturated heterocycles. The van der Waals surface area contributed by atoms with Crippen molar-refractivity contribution in [1.82, 2.24) is 5.32 Å². The van der Waals surface area contributed by atoms with Crippen LogP contribution in [-0.2, 0) is 0 Å². The van der Waals surface area contributed by atoms with Crippen molar-refractivity contribution in [3.8, 4) is 6.07 Å². The van der Waals surface area contributed by atoms with E-state index in [2.05, 4.69) is 16.0 Å². The molecule has 0 heterocycles. The fourth-order valence-electron chi connectivity index (χ4n) is 2.08. The number of urea groups is 1. The summed E-state index contributed by atoms with van der Waals surface area (Å²) in [6, 6.07) is 15.0. The number of nitriles is 1. The highest BCUT2D eigenvalue weighted by Crippen LogP contribution is 2.18. The number of carbonyl (C=O) groups excluding carboxylic acids is 2. The molecule has 6 nitrogen and oxygen atoms in total. The Bertz CT molecular complexity index is 794. The fourth-order valence-corrected chi connectivity index (χ4v) is 2.08. The van der Waals surface area contributed by atoms with Crippen molar-refractivity contribution < 1.29 is 9.59 Å². The number of nitrogens with one attached hydrogen (secondary N) is 3. The van der Waals surface area contributed by atoms with E-state index in [9.17, 15) is 9.59 Å². The molecule has 0 radical (unpaired) electrons. The third kappa shape index (κ3) is 4.58. The van der Waals surface area contributed by atoms with Crippen LogP contribution in [-0.4, -0.2) is 18.0 Å². The van der Waals surface area contributed by atoms with Gasteiger partial charge in [-0.1, -0.05) is 18.2 Å². The first-order valence-electron chi connectivity index (χ1n) is 7.47. The summed E-state index contributed by atoms with van der Waals surface area (Å²) in [5.41, 5.74) is 1.71. The van der Waals surface area contributed by atoms with Crippen molar-refractivity contribution in [2.75, 3.05) is 10.6 Å². The molecule has 0 atom stereocenters. The zero-order valence-corrected chi connectivity index (χ0v) is 13.5. The SMILES string of the molecule is CC(C)NC(=O)Nc1ccccc1C(=O)Nc1cccc(C#N)c1. The first-order chi connectivity index (χ1) is 11.5. The van der Waals surface area contributed by atoms with Gasteiger partial charge >= 0.3 is 6.03 Å². The largest absolute Gasteiger partial charge is 0.336 e. The lowest BCUT2D eigenvalue weighted by Crippen LogP contribution is -2.34. The van der Waals surface area contributed by atoms with E-state index < -0.39 is 0 Å². The van der Waals surface area contributed by atoms with Gasteiger partial charge in [-0.15, -0.1) is 0 Å². The minimum atomic E-state index is -0.378. The van der Waals surface area contributed by atoms with E-state index in [4.69, 9.17) is 5.26 Å². The van der Waals surface area contributed by atoms with Crippen molar-refractivity contribution in [1.29, 1.82) is 5.26 Å². The molecule has 6 heteroatoms. The summed E-state index contributed by atoms with van der Waals surface area (Å²) in [7, 11) is 0. The molecule has 0 aromatic heterocycles. The Morgan fingerprint density at radius 3 is 2.50 bits per heavy atom. The molecule has 2 aromatic carbocycles. The number of para-hydroxylation sites is 1. The van der Waals surface area contributed by atoms with Crippen LogP contribution in [0.3, 0.4) is 0 Å². The highest BCUT2D eigenvalue weighted by atomic mass is 16.2. The number of amides is 3. The average Bonchev–Trinajstić information content (AvgIpc) is 2.54. The van der Waals surface area contributed by atoms with Gasteiger partial charge in [0.1, 0.15) is 0 Å². The number of rotatable bonds is 4. The molecule has 24 heavy (non-hydrogen) atoms. The van der Waals surface area contributed by atoms with Gasteiger partial charge in [-0.05, 0) is 44.2 Å². The zero-order chi connectivity index (χ0) is 17.5. The van der Waals surface area contributed by atoms with Gasteiger partial charge in [0, 0.05) is 11.7 Å². The number of anilines is 2. The lowest BCUT2D eigenvalue weighted by Gasteiger charge is -2.13. The van der Waals surface area contributed by atoms with Crippen molar-refractivity contribution in [2.45, 2.75) is 19.9 Å². The Labute approximate surface area is 140 Å². The number of nitrogens with zero attached hydrogens (tertiary/aromatic N) is 1. The molecule has 0 fully saturated rings. The minimum Gasteiger partial charge on any atom is -0.336 e. The number of carbonyl (C=O) groups is 2. The maximum absolute atomic E-state index is 12.5. The van der Waals surface area contributed by atoms with Gasteiger partial charge in [0.2, 0.25) is 0 Å². The summed E-state index contributed by atoms with van der Waals surface area (Å²) in [4.78, 5) is 24.3. The number of benzene rings is 2. The number of hydrogen-bond donors (Lipinski definition) is 3. The highest BCUT2D eigenvalue weighted by Gasteiger charge is 2.13. The molecule has 2 aromatic rings. The Balaban J connectivity index is 2.17. The van der Waals surface area contributed by atoms with Crippen LogP contribution in [0.2, 0.25) is 0 Å². The van der Waals surface area contributed by atoms with E-state index in [1.165, 1.54) is 0 Å². The normalized spacial score (nSPS) is 9.92. The van der Waals surface area contributed by atoms with Crippen LogP contribution in [0.15, 0.2) is 48.5 Å². The summed E-state index contributed by atoms with van der Waals surface area (Å²) in [6.45, 7) is 3.70. The highest BCUT2D eigenvalue weighted by molar-refractivity contribution is 6.10. The summed E-state index contributed by atoms with van der Waals surface area (Å²) >= 11 is 0. The average molecular weight is 322 g/mol. The van der Waals surface area contributed by atoms with Crippen molar-refractivity contribution in [3.63, 3.8) is 0 Å². The summed E-state index contributed by atoms with van der Waals surface area (Å²) in [5.74, 6) is -0.370. The molecular formula is C18H18N4O2. The van der Waals surface area contributed by atoms with E-state index >= 15 is 0 Å². The molecule has 0 saturated carbocycles. The van der Waals surface area contributed by atoms with Gasteiger partial charge in [-0.2, -0.15) is 5.26 Å². The van der Waals surface area contributed by atoms with Crippen LogP contribution < -0.4 is 16.0 Å². The first-order valence-corrected chi connectivity index (χ1v) is 7.47. The molecule has 3 amide bonds. The van der Waals surface area contributed by atoms with Crippen LogP contribution in [0.5, 0.6) is 0 Å². The number of hydrogen-bond acceptors (Lipinski definition) is 3. The lowest BCUT2D eigenvalue weighted by molar-refractivity contribution is 0.102. The minimum absolute atomic E-state index is 0.0142. The standard InChI is InChI=1S/C18H18N4O2/c1-12(2)20-18(24)22-16-9-4-3-8-15(16)17(23)21-14-7-5-6-13(10-14)11-19/h3-10,12H,1-2H3,(H,21,23)(H2,20,22,24). The van der Waals surface area contributed by atoms with E-state index in [-0.39, 0.29) is 18.0 Å². The second kappa shape index (κ2) is 7.79. The van der Waals surface area contributed by atoms with Crippen LogP contribution in [0, 0.1) is 11.3 Å². The topological polar surface area (TPSA) is 94.0 Å². The molecule has 0 spiro atoms. The molecule has 122 valence electrons. The Kier molecular flexibility index (Phi) is 5.53. The van der Waals surface area contributed by atoms with Crippen LogP contribution in [0.4, 0.5) is 16.2 Å². The zero-order valence-electron chi connectivity index (χ0n) is 13.5. The summed E-state index contributed by atoms with van der Waals surface area (Å²) in [5, 5.41) is 17.0. The van der Waals surface area contributed by atoms with Gasteiger partial charge in [0.05, 0.1) is 22.9 Å². The molecule has 2 rings (SSSR count). The van der Waals surface area contributed by atoms with Gasteiger partial charge in [0.25, 0.3) is 5.91 Å². The maximum Gasteiger partial charge on any atom is 0.319 e. The van der Waals surface area contributed by atoms with Crippen LogP contribution in [0.1, 0.15) is 29.8 Å². The van der Waals surface area contributed by atoms with E-state index in [0.717, 1.165) is 0 Å². The molecule has 0 aliphatic heterocycles. The third-order valence-electron chi connectivity index (χ3n) is 3.09. The predicted octanol–water partition coefficient (Wildman–Crippen LogP) is 3.34. The first kappa shape index (κ1) is 17.0. The molecular weight excluding hydrogens is 304 g/mol. The van der Waals surface area contributed by atoms with Crippen molar-refractivity contribution in [2.24, 2.45) is 0 Å². The third-order valence-corrected chi connectivity index (χ3v) is 3.09. The smallest absolute Gasteiger partial charge is 0.319 e. The van der Waals surface area contributed by atoms with Crippen LogP contribution in [0.25, 0.3) is 0 Å². The van der Waals surface area contributed by atoms with E-state index in [1.807, 2.05) is 19.9 Å². The maximum atomic E-state index is 12.5. The predicted molar refractivity (Wildman–Crippen MR) is 92.8 cm³/mol. The van der Waals surface area contributed by atoms with Gasteiger partial charge < -0.3 is 16.0 Å². The molecule has 3 N–H and O–H groups in total. The second-order valence-electron chi connectivity index (χ2n) is 5.45. The monoisotopic (exact) mass is 322 g/mol. The van der Waals surface area contributed by atoms with Gasteiger partial charge in [-0.25, -0.2) is 4.79 Å².